The molecule has 2 heterocycles. The Hall–Kier alpha value is -6.97. The molecule has 2 aliphatic heterocycles. The van der Waals surface area contributed by atoms with Gasteiger partial charge in [-0.05, 0) is 70.5 Å². The van der Waals surface area contributed by atoms with E-state index in [2.05, 4.69) is 180 Å². The largest absolute Gasteiger partial charge is 0.363 e. The summed E-state index contributed by atoms with van der Waals surface area (Å²) in [6, 6.07) is 53.1. The van der Waals surface area contributed by atoms with E-state index in [0.717, 1.165) is 86.1 Å². The normalized spacial score (nSPS) is 18.4. The molecule has 0 fully saturated rings. The van der Waals surface area contributed by atoms with E-state index in [1.54, 1.807) is 0 Å². The van der Waals surface area contributed by atoms with Gasteiger partial charge < -0.3 is 15.5 Å². The predicted octanol–water partition coefficient (Wildman–Crippen LogP) is 11.4. The van der Waals surface area contributed by atoms with E-state index in [4.69, 9.17) is 9.98 Å². The van der Waals surface area contributed by atoms with Crippen LogP contribution in [-0.4, -0.2) is 17.8 Å². The fraction of sp³-hybridized carbons (Fsp3) is 0.122. The van der Waals surface area contributed by atoms with E-state index in [1.165, 1.54) is 0 Å². The summed E-state index contributed by atoms with van der Waals surface area (Å²) >= 11 is 0. The van der Waals surface area contributed by atoms with Crippen molar-refractivity contribution < 1.29 is 0 Å². The minimum atomic E-state index is -0.200. The highest BCUT2D eigenvalue weighted by atomic mass is 15.3. The number of hydrogen-bond donors (Lipinski definition) is 2. The minimum absolute atomic E-state index is 0.0791. The van der Waals surface area contributed by atoms with Gasteiger partial charge in [-0.1, -0.05) is 153 Å². The average molecular weight is 713 g/mol. The van der Waals surface area contributed by atoms with Crippen molar-refractivity contribution in [1.29, 1.82) is 5.26 Å². The Morgan fingerprint density at radius 2 is 1.36 bits per heavy atom. The van der Waals surface area contributed by atoms with Crippen molar-refractivity contribution in [2.75, 3.05) is 10.2 Å². The molecule has 6 aromatic carbocycles. The van der Waals surface area contributed by atoms with Gasteiger partial charge in [0.2, 0.25) is 0 Å². The van der Waals surface area contributed by atoms with Gasteiger partial charge in [-0.15, -0.1) is 0 Å². The maximum absolute atomic E-state index is 9.93. The van der Waals surface area contributed by atoms with Crippen LogP contribution in [0.3, 0.4) is 0 Å². The van der Waals surface area contributed by atoms with Gasteiger partial charge in [0.05, 0.1) is 28.7 Å². The number of nitrogens with one attached hydrogen (secondary N) is 2. The molecule has 6 heteroatoms. The molecule has 3 aliphatic rings. The smallest absolute Gasteiger partial charge is 0.159 e. The third kappa shape index (κ3) is 6.62. The summed E-state index contributed by atoms with van der Waals surface area (Å²) in [4.78, 5) is 12.5. The second kappa shape index (κ2) is 14.8. The van der Waals surface area contributed by atoms with Crippen LogP contribution in [0, 0.1) is 17.2 Å². The number of anilines is 3. The van der Waals surface area contributed by atoms with E-state index >= 15 is 0 Å². The lowest BCUT2D eigenvalue weighted by atomic mass is 9.91. The van der Waals surface area contributed by atoms with Gasteiger partial charge in [-0.25, -0.2) is 9.98 Å². The molecule has 0 radical (unpaired) electrons. The van der Waals surface area contributed by atoms with Crippen LogP contribution in [0.25, 0.3) is 33.4 Å². The fourth-order valence-electron chi connectivity index (χ4n) is 7.83. The summed E-state index contributed by atoms with van der Waals surface area (Å²) in [5.41, 5.74) is 12.7. The molecule has 3 atom stereocenters. The van der Waals surface area contributed by atoms with Gasteiger partial charge in [0.1, 0.15) is 18.2 Å². The summed E-state index contributed by atoms with van der Waals surface area (Å²) < 4.78 is 0. The number of allylic oxidation sites excluding steroid dienone is 3. The predicted molar refractivity (Wildman–Crippen MR) is 226 cm³/mol. The van der Waals surface area contributed by atoms with E-state index in [0.29, 0.717) is 5.56 Å². The fourth-order valence-corrected chi connectivity index (χ4v) is 7.83. The number of aliphatic imine (C=N–C) groups is 2. The number of nitriles is 1. The molecule has 0 amide bonds. The first-order chi connectivity index (χ1) is 27.2. The number of amidine groups is 2. The third-order valence-electron chi connectivity index (χ3n) is 10.7. The zero-order valence-corrected chi connectivity index (χ0v) is 30.6. The zero-order chi connectivity index (χ0) is 37.1. The van der Waals surface area contributed by atoms with Crippen molar-refractivity contribution in [1.82, 2.24) is 5.32 Å². The Morgan fingerprint density at radius 3 is 2.09 bits per heavy atom. The van der Waals surface area contributed by atoms with Crippen LogP contribution in [0.1, 0.15) is 42.6 Å². The number of nitrogens with zero attached hydrogens (tertiary/aromatic N) is 4. The van der Waals surface area contributed by atoms with Crippen molar-refractivity contribution in [3.63, 3.8) is 0 Å². The minimum Gasteiger partial charge on any atom is -0.363 e. The first-order valence-corrected chi connectivity index (χ1v) is 19.0. The molecule has 3 unspecified atom stereocenters. The topological polar surface area (TPSA) is 75.8 Å². The highest BCUT2D eigenvalue weighted by Gasteiger charge is 2.31. The summed E-state index contributed by atoms with van der Waals surface area (Å²) in [5.74, 6) is 1.87. The molecular formula is C49H40N6. The molecule has 2 N–H and O–H groups in total. The Labute approximate surface area is 322 Å². The first-order valence-electron chi connectivity index (χ1n) is 19.0. The summed E-state index contributed by atoms with van der Waals surface area (Å²) in [6.07, 6.45) is 10.3. The van der Waals surface area contributed by atoms with Gasteiger partial charge in [-0.2, -0.15) is 5.26 Å². The molecule has 6 aromatic rings. The Morgan fingerprint density at radius 1 is 0.673 bits per heavy atom. The van der Waals surface area contributed by atoms with Crippen LogP contribution in [0.4, 0.5) is 17.1 Å². The quantitative estimate of drug-likeness (QED) is 0.165. The van der Waals surface area contributed by atoms with Gasteiger partial charge >= 0.3 is 0 Å². The van der Waals surface area contributed by atoms with Crippen LogP contribution >= 0.6 is 0 Å². The SMILES string of the molecule is CCC1Nc2ccccc2N1c1cc(C#N)ccc1-c1ccccc1-c1ccc(-c2ccc(C3=NC(c4ccccc4)NC(C4C=CC=CC4)=N3)cc2)cc1. The van der Waals surface area contributed by atoms with E-state index in [-0.39, 0.29) is 18.2 Å². The van der Waals surface area contributed by atoms with E-state index in [9.17, 15) is 5.26 Å². The van der Waals surface area contributed by atoms with Crippen molar-refractivity contribution in [2.45, 2.75) is 32.1 Å². The Bertz CT molecular complexity index is 2520. The van der Waals surface area contributed by atoms with Gasteiger partial charge in [0, 0.05) is 17.0 Å². The van der Waals surface area contributed by atoms with Gasteiger partial charge in [0.25, 0.3) is 0 Å². The lowest BCUT2D eigenvalue weighted by Gasteiger charge is -2.29. The third-order valence-corrected chi connectivity index (χ3v) is 10.7. The molecule has 0 bridgehead atoms. The maximum Gasteiger partial charge on any atom is 0.159 e. The summed E-state index contributed by atoms with van der Waals surface area (Å²) in [5, 5.41) is 17.2. The molecule has 0 spiro atoms. The highest BCUT2D eigenvalue weighted by Crippen LogP contribution is 2.46. The Balaban J connectivity index is 1.02. The van der Waals surface area contributed by atoms with Crippen LogP contribution in [0.5, 0.6) is 0 Å². The number of benzene rings is 6. The van der Waals surface area contributed by atoms with Crippen LogP contribution in [0.2, 0.25) is 0 Å². The molecule has 0 aromatic heterocycles. The van der Waals surface area contributed by atoms with Crippen molar-refractivity contribution in [3.8, 4) is 39.4 Å². The number of rotatable bonds is 8. The molecule has 1 aliphatic carbocycles. The van der Waals surface area contributed by atoms with Crippen molar-refractivity contribution in [3.05, 3.63) is 187 Å². The molecule has 0 saturated carbocycles. The zero-order valence-electron chi connectivity index (χ0n) is 30.6. The number of fused-ring (bicyclic) bond motifs is 1. The van der Waals surface area contributed by atoms with E-state index in [1.807, 2.05) is 18.2 Å². The molecule has 55 heavy (non-hydrogen) atoms. The summed E-state index contributed by atoms with van der Waals surface area (Å²) in [7, 11) is 0. The molecule has 6 nitrogen and oxygen atoms in total. The highest BCUT2D eigenvalue weighted by molar-refractivity contribution is 6.09. The number of hydrogen-bond acceptors (Lipinski definition) is 6. The van der Waals surface area contributed by atoms with Crippen molar-refractivity contribution in [2.24, 2.45) is 15.9 Å². The average Bonchev–Trinajstić information content (AvgIpc) is 3.65. The monoisotopic (exact) mass is 712 g/mol. The maximum atomic E-state index is 9.93. The summed E-state index contributed by atoms with van der Waals surface area (Å²) in [6.45, 7) is 2.19. The van der Waals surface area contributed by atoms with Crippen LogP contribution < -0.4 is 15.5 Å². The van der Waals surface area contributed by atoms with Crippen molar-refractivity contribution >= 4 is 28.7 Å². The lowest BCUT2D eigenvalue weighted by Crippen LogP contribution is -2.37. The number of para-hydroxylation sites is 2. The standard InChI is InChI=1S/C49H40N6/c1-2-46-51-43-19-11-12-20-44(43)55(46)45-31-33(32-50)21-30-42(45)41-18-10-9-17-40(41)36-26-22-34(23-27-36)35-24-28-39(29-25-35)49-53-47(37-13-5-3-6-14-37)52-48(54-49)38-15-7-4-8-16-38/h3-15,17-31,38,46-47,51H,2,16H2,1H3,(H,52,53,54). The van der Waals surface area contributed by atoms with Gasteiger partial charge in [0.15, 0.2) is 5.84 Å². The van der Waals surface area contributed by atoms with Crippen LogP contribution in [-0.2, 0) is 0 Å². The lowest BCUT2D eigenvalue weighted by molar-refractivity contribution is 0.642. The molecule has 266 valence electrons. The molecule has 0 saturated heterocycles. The van der Waals surface area contributed by atoms with Gasteiger partial charge in [-0.3, -0.25) is 0 Å². The first kappa shape index (κ1) is 33.8. The van der Waals surface area contributed by atoms with Crippen LogP contribution in [0.15, 0.2) is 180 Å². The Kier molecular flexibility index (Phi) is 9.11. The van der Waals surface area contributed by atoms with E-state index < -0.39 is 0 Å². The second-order valence-corrected chi connectivity index (χ2v) is 14.1. The second-order valence-electron chi connectivity index (χ2n) is 14.1. The molecule has 9 rings (SSSR count). The molecular weight excluding hydrogens is 673 g/mol.